The van der Waals surface area contributed by atoms with E-state index in [2.05, 4.69) is 70.7 Å². The fraction of sp³-hybridized carbons (Fsp3) is 0.633. The molecule has 7 nitrogen and oxygen atoms in total. The molecule has 206 valence electrons. The van der Waals surface area contributed by atoms with Gasteiger partial charge in [0.2, 0.25) is 5.95 Å². The van der Waals surface area contributed by atoms with Crippen molar-refractivity contribution in [2.24, 2.45) is 11.8 Å². The molecule has 3 aliphatic heterocycles. The van der Waals surface area contributed by atoms with Crippen molar-refractivity contribution in [2.75, 3.05) is 61.1 Å². The number of ether oxygens (including phenoxy) is 1. The molecule has 3 fully saturated rings. The van der Waals surface area contributed by atoms with Crippen molar-refractivity contribution < 1.29 is 4.74 Å². The van der Waals surface area contributed by atoms with E-state index in [0.717, 1.165) is 70.4 Å². The van der Waals surface area contributed by atoms with Crippen molar-refractivity contribution in [2.45, 2.75) is 64.2 Å². The Morgan fingerprint density at radius 1 is 0.947 bits per heavy atom. The van der Waals surface area contributed by atoms with E-state index in [1.165, 1.54) is 37.7 Å². The number of piperidine rings is 1. The van der Waals surface area contributed by atoms with Crippen LogP contribution in [0.2, 0.25) is 0 Å². The molecular weight excluding hydrogens is 492 g/mol. The Balaban J connectivity index is 1.34. The summed E-state index contributed by atoms with van der Waals surface area (Å²) in [6.45, 7) is 11.1. The van der Waals surface area contributed by atoms with Crippen molar-refractivity contribution >= 4 is 34.9 Å². The number of hydrogen-bond acceptors (Lipinski definition) is 6. The molecule has 2 aromatic rings. The standard InChI is InChI=1S/C30H44N6OS/c1-23-18-24(2)21-36(20-23)27-19-26(35-14-8-3-4-9-15-35)32-28(33-27)34-29(38)31-22-30(12-16-37-17-13-30)25-10-6-5-7-11-25/h5-7,10-11,19,23-24H,3-4,8-9,12-18,20-22H2,1-2H3,(H2,31,32,33,34,38). The average Bonchev–Trinajstić information content (AvgIpc) is 3.22. The lowest BCUT2D eigenvalue weighted by molar-refractivity contribution is 0.0515. The van der Waals surface area contributed by atoms with Gasteiger partial charge in [-0.2, -0.15) is 9.97 Å². The highest BCUT2D eigenvalue weighted by molar-refractivity contribution is 7.80. The summed E-state index contributed by atoms with van der Waals surface area (Å²) >= 11 is 5.80. The summed E-state index contributed by atoms with van der Waals surface area (Å²) in [5, 5.41) is 7.46. The van der Waals surface area contributed by atoms with Gasteiger partial charge in [0.1, 0.15) is 11.6 Å². The Bertz CT molecular complexity index is 1040. The lowest BCUT2D eigenvalue weighted by Crippen LogP contribution is -2.45. The van der Waals surface area contributed by atoms with Crippen molar-refractivity contribution in [1.82, 2.24) is 15.3 Å². The number of nitrogens with zero attached hydrogens (tertiary/aromatic N) is 4. The van der Waals surface area contributed by atoms with E-state index in [4.69, 9.17) is 26.9 Å². The van der Waals surface area contributed by atoms with E-state index in [0.29, 0.717) is 22.9 Å². The fourth-order valence-electron chi connectivity index (χ4n) is 6.47. The van der Waals surface area contributed by atoms with Crippen molar-refractivity contribution in [1.29, 1.82) is 0 Å². The van der Waals surface area contributed by atoms with Gasteiger partial charge in [0.15, 0.2) is 5.11 Å². The van der Waals surface area contributed by atoms with Gasteiger partial charge in [0, 0.05) is 57.4 Å². The third-order valence-electron chi connectivity index (χ3n) is 8.47. The third kappa shape index (κ3) is 6.75. The minimum Gasteiger partial charge on any atom is -0.381 e. The van der Waals surface area contributed by atoms with Crippen LogP contribution in [0.15, 0.2) is 36.4 Å². The highest BCUT2D eigenvalue weighted by atomic mass is 32.1. The van der Waals surface area contributed by atoms with Gasteiger partial charge in [-0.1, -0.05) is 57.0 Å². The van der Waals surface area contributed by atoms with Crippen molar-refractivity contribution in [3.63, 3.8) is 0 Å². The Morgan fingerprint density at radius 2 is 1.58 bits per heavy atom. The molecule has 2 atom stereocenters. The first-order valence-corrected chi connectivity index (χ1v) is 15.0. The van der Waals surface area contributed by atoms with Crippen LogP contribution < -0.4 is 20.4 Å². The van der Waals surface area contributed by atoms with Crippen LogP contribution in [-0.2, 0) is 10.2 Å². The summed E-state index contributed by atoms with van der Waals surface area (Å²) in [4.78, 5) is 14.8. The van der Waals surface area contributed by atoms with Gasteiger partial charge in [0.05, 0.1) is 0 Å². The number of benzene rings is 1. The molecule has 5 rings (SSSR count). The number of aromatic nitrogens is 2. The highest BCUT2D eigenvalue weighted by Crippen LogP contribution is 2.34. The van der Waals surface area contributed by atoms with Crippen LogP contribution >= 0.6 is 12.2 Å². The van der Waals surface area contributed by atoms with Gasteiger partial charge >= 0.3 is 0 Å². The molecule has 3 aliphatic rings. The lowest BCUT2D eigenvalue weighted by atomic mass is 9.74. The molecule has 1 aromatic carbocycles. The second-order valence-electron chi connectivity index (χ2n) is 11.7. The van der Waals surface area contributed by atoms with Crippen LogP contribution in [0.3, 0.4) is 0 Å². The smallest absolute Gasteiger partial charge is 0.232 e. The molecule has 0 bridgehead atoms. The maximum absolute atomic E-state index is 5.80. The molecule has 1 aromatic heterocycles. The number of nitrogens with one attached hydrogen (secondary N) is 2. The van der Waals surface area contributed by atoms with Gasteiger partial charge in [-0.25, -0.2) is 0 Å². The summed E-state index contributed by atoms with van der Waals surface area (Å²) in [5.74, 6) is 3.92. The lowest BCUT2D eigenvalue weighted by Gasteiger charge is -2.38. The number of anilines is 3. The summed E-state index contributed by atoms with van der Waals surface area (Å²) < 4.78 is 5.71. The van der Waals surface area contributed by atoms with Crippen LogP contribution in [-0.4, -0.2) is 61.0 Å². The van der Waals surface area contributed by atoms with Crippen LogP contribution in [0, 0.1) is 11.8 Å². The molecule has 0 radical (unpaired) electrons. The van der Waals surface area contributed by atoms with E-state index >= 15 is 0 Å². The Labute approximate surface area is 233 Å². The van der Waals surface area contributed by atoms with Crippen LogP contribution in [0.1, 0.15) is 64.4 Å². The minimum atomic E-state index is 0.00520. The first kappa shape index (κ1) is 27.1. The van der Waals surface area contributed by atoms with Gasteiger partial charge in [-0.15, -0.1) is 0 Å². The van der Waals surface area contributed by atoms with Crippen molar-refractivity contribution in [3.8, 4) is 0 Å². The van der Waals surface area contributed by atoms with Crippen LogP contribution in [0.4, 0.5) is 17.6 Å². The predicted molar refractivity (Wildman–Crippen MR) is 160 cm³/mol. The molecule has 0 saturated carbocycles. The highest BCUT2D eigenvalue weighted by Gasteiger charge is 2.34. The minimum absolute atomic E-state index is 0.00520. The van der Waals surface area contributed by atoms with E-state index in [9.17, 15) is 0 Å². The van der Waals surface area contributed by atoms with Gasteiger partial charge in [0.25, 0.3) is 0 Å². The van der Waals surface area contributed by atoms with Crippen LogP contribution in [0.25, 0.3) is 0 Å². The third-order valence-corrected chi connectivity index (χ3v) is 8.72. The topological polar surface area (TPSA) is 65.5 Å². The SMILES string of the molecule is CC1CC(C)CN(c2cc(N3CCCCCC3)nc(NC(=S)NCC3(c4ccccc4)CCOCC3)n2)C1. The van der Waals surface area contributed by atoms with Crippen LogP contribution in [0.5, 0.6) is 0 Å². The van der Waals surface area contributed by atoms with E-state index in [1.807, 2.05) is 0 Å². The molecule has 0 spiro atoms. The summed E-state index contributed by atoms with van der Waals surface area (Å²) in [5.41, 5.74) is 1.35. The quantitative estimate of drug-likeness (QED) is 0.478. The zero-order valence-corrected chi connectivity index (χ0v) is 23.9. The second-order valence-corrected chi connectivity index (χ2v) is 12.1. The van der Waals surface area contributed by atoms with E-state index in [1.54, 1.807) is 0 Å². The number of thiocarbonyl (C=S) groups is 1. The summed E-state index contributed by atoms with van der Waals surface area (Å²) in [7, 11) is 0. The van der Waals surface area contributed by atoms with Gasteiger partial charge in [-0.3, -0.25) is 0 Å². The van der Waals surface area contributed by atoms with Gasteiger partial charge < -0.3 is 25.2 Å². The van der Waals surface area contributed by atoms with E-state index in [-0.39, 0.29) is 5.41 Å². The number of hydrogen-bond donors (Lipinski definition) is 2. The molecule has 0 amide bonds. The molecule has 3 saturated heterocycles. The zero-order chi connectivity index (χ0) is 26.4. The normalized spacial score (nSPS) is 23.9. The maximum atomic E-state index is 5.80. The maximum Gasteiger partial charge on any atom is 0.232 e. The monoisotopic (exact) mass is 536 g/mol. The molecule has 8 heteroatoms. The largest absolute Gasteiger partial charge is 0.381 e. The summed E-state index contributed by atoms with van der Waals surface area (Å²) in [6.07, 6.45) is 8.24. The zero-order valence-electron chi connectivity index (χ0n) is 23.1. The molecule has 0 aliphatic carbocycles. The predicted octanol–water partition coefficient (Wildman–Crippen LogP) is 5.37. The molecule has 2 N–H and O–H groups in total. The Kier molecular flexibility index (Phi) is 9.00. The first-order valence-electron chi connectivity index (χ1n) is 14.6. The molecule has 2 unspecified atom stereocenters. The number of rotatable bonds is 6. The van der Waals surface area contributed by atoms with Crippen molar-refractivity contribution in [3.05, 3.63) is 42.0 Å². The molecule has 38 heavy (non-hydrogen) atoms. The Morgan fingerprint density at radius 3 is 2.24 bits per heavy atom. The molecular formula is C30H44N6OS. The van der Waals surface area contributed by atoms with Gasteiger partial charge in [-0.05, 0) is 61.7 Å². The second kappa shape index (κ2) is 12.6. The average molecular weight is 537 g/mol. The molecule has 4 heterocycles. The Hall–Kier alpha value is -2.45. The first-order chi connectivity index (χ1) is 18.5. The van der Waals surface area contributed by atoms with E-state index < -0.39 is 0 Å². The summed E-state index contributed by atoms with van der Waals surface area (Å²) in [6, 6.07) is 13.0. The fourth-order valence-corrected chi connectivity index (χ4v) is 6.63.